The first-order chi connectivity index (χ1) is 11.1. The first-order valence-corrected chi connectivity index (χ1v) is 8.06. The van der Waals surface area contributed by atoms with Crippen LogP contribution in [0.25, 0.3) is 17.3 Å². The number of hydrogen-bond acceptors (Lipinski definition) is 4. The van der Waals surface area contributed by atoms with Crippen molar-refractivity contribution in [1.82, 2.24) is 14.8 Å². The van der Waals surface area contributed by atoms with Crippen LogP contribution in [0.15, 0.2) is 48.1 Å². The van der Waals surface area contributed by atoms with E-state index in [1.54, 1.807) is 17.0 Å². The van der Waals surface area contributed by atoms with Crippen LogP contribution in [0.2, 0.25) is 5.02 Å². The highest BCUT2D eigenvalue weighted by atomic mass is 35.5. The van der Waals surface area contributed by atoms with E-state index in [0.29, 0.717) is 10.2 Å². The van der Waals surface area contributed by atoms with Crippen molar-refractivity contribution in [3.05, 3.63) is 58.7 Å². The number of halogens is 1. The zero-order valence-corrected chi connectivity index (χ0v) is 13.8. The van der Waals surface area contributed by atoms with Gasteiger partial charge in [0.2, 0.25) is 5.91 Å². The summed E-state index contributed by atoms with van der Waals surface area (Å²) in [5.41, 5.74) is 2.45. The number of nitrogens with zero attached hydrogens (tertiary/aromatic N) is 3. The van der Waals surface area contributed by atoms with Crippen molar-refractivity contribution >= 4 is 40.1 Å². The number of aromatic nitrogens is 3. The van der Waals surface area contributed by atoms with Gasteiger partial charge in [-0.1, -0.05) is 29.8 Å². The van der Waals surface area contributed by atoms with Crippen LogP contribution in [0, 0.1) is 0 Å². The molecule has 116 valence electrons. The van der Waals surface area contributed by atoms with Crippen LogP contribution in [-0.4, -0.2) is 20.7 Å². The molecule has 0 bridgehead atoms. The monoisotopic (exact) mass is 344 g/mol. The second-order valence-electron chi connectivity index (χ2n) is 4.79. The molecular formula is C16H13ClN4OS. The number of carbonyl (C=O) groups is 1. The Balaban J connectivity index is 1.68. The van der Waals surface area contributed by atoms with Crippen molar-refractivity contribution in [2.45, 2.75) is 0 Å². The molecule has 23 heavy (non-hydrogen) atoms. The lowest BCUT2D eigenvalue weighted by Gasteiger charge is -1.99. The Kier molecular flexibility index (Phi) is 4.55. The average Bonchev–Trinajstić information content (AvgIpc) is 3.15. The van der Waals surface area contributed by atoms with Gasteiger partial charge in [0.25, 0.3) is 0 Å². The number of thiazole rings is 1. The van der Waals surface area contributed by atoms with Gasteiger partial charge in [0.15, 0.2) is 5.13 Å². The van der Waals surface area contributed by atoms with Crippen LogP contribution >= 0.6 is 22.9 Å². The number of nitrogens with one attached hydrogen (secondary N) is 1. The SMILES string of the molecule is Cn1cc(/C=C/C(=O)Nc2nc(-c3ccccc3Cl)cs2)cn1. The van der Waals surface area contributed by atoms with Gasteiger partial charge in [0, 0.05) is 40.9 Å². The lowest BCUT2D eigenvalue weighted by Crippen LogP contribution is -2.07. The van der Waals surface area contributed by atoms with Crippen LogP contribution in [0.1, 0.15) is 5.56 Å². The Bertz CT molecular complexity index is 868. The zero-order valence-electron chi connectivity index (χ0n) is 12.2. The number of rotatable bonds is 4. The average molecular weight is 345 g/mol. The van der Waals surface area contributed by atoms with Crippen molar-refractivity contribution in [1.29, 1.82) is 0 Å². The molecule has 1 aromatic carbocycles. The molecule has 0 saturated heterocycles. The van der Waals surface area contributed by atoms with E-state index < -0.39 is 0 Å². The molecule has 0 aliphatic heterocycles. The molecule has 3 rings (SSSR count). The molecule has 5 nitrogen and oxygen atoms in total. The van der Waals surface area contributed by atoms with E-state index in [4.69, 9.17) is 11.6 Å². The van der Waals surface area contributed by atoms with Crippen LogP contribution in [0.5, 0.6) is 0 Å². The molecule has 1 N–H and O–H groups in total. The molecule has 2 heterocycles. The molecular weight excluding hydrogens is 332 g/mol. The highest BCUT2D eigenvalue weighted by Gasteiger charge is 2.08. The van der Waals surface area contributed by atoms with Gasteiger partial charge in [-0.05, 0) is 12.1 Å². The lowest BCUT2D eigenvalue weighted by molar-refractivity contribution is -0.111. The number of amides is 1. The van der Waals surface area contributed by atoms with E-state index in [1.807, 2.05) is 42.9 Å². The largest absolute Gasteiger partial charge is 0.298 e. The third kappa shape index (κ3) is 3.85. The first kappa shape index (κ1) is 15.5. The summed E-state index contributed by atoms with van der Waals surface area (Å²) in [4.78, 5) is 16.3. The summed E-state index contributed by atoms with van der Waals surface area (Å²) < 4.78 is 1.67. The number of hydrogen-bond donors (Lipinski definition) is 1. The summed E-state index contributed by atoms with van der Waals surface area (Å²) in [6, 6.07) is 7.47. The van der Waals surface area contributed by atoms with Gasteiger partial charge in [0.1, 0.15) is 0 Å². The maximum absolute atomic E-state index is 11.9. The smallest absolute Gasteiger partial charge is 0.250 e. The Labute approximate surface area is 142 Å². The lowest BCUT2D eigenvalue weighted by atomic mass is 10.2. The minimum Gasteiger partial charge on any atom is -0.298 e. The topological polar surface area (TPSA) is 59.8 Å². The van der Waals surface area contributed by atoms with Gasteiger partial charge in [0.05, 0.1) is 11.9 Å². The fourth-order valence-corrected chi connectivity index (χ4v) is 2.92. The first-order valence-electron chi connectivity index (χ1n) is 6.80. The van der Waals surface area contributed by atoms with E-state index >= 15 is 0 Å². The number of anilines is 1. The van der Waals surface area contributed by atoms with Crippen molar-refractivity contribution in [2.24, 2.45) is 7.05 Å². The number of aryl methyl sites for hydroxylation is 1. The number of carbonyl (C=O) groups excluding carboxylic acids is 1. The van der Waals surface area contributed by atoms with Crippen molar-refractivity contribution in [2.75, 3.05) is 5.32 Å². The molecule has 2 aromatic heterocycles. The van der Waals surface area contributed by atoms with Crippen molar-refractivity contribution in [3.8, 4) is 11.3 Å². The molecule has 0 atom stereocenters. The molecule has 0 saturated carbocycles. The number of benzene rings is 1. The molecule has 0 aliphatic rings. The van der Waals surface area contributed by atoms with Gasteiger partial charge in [-0.15, -0.1) is 11.3 Å². The Morgan fingerprint density at radius 1 is 1.39 bits per heavy atom. The van der Waals surface area contributed by atoms with Crippen molar-refractivity contribution in [3.63, 3.8) is 0 Å². The molecule has 0 aliphatic carbocycles. The molecule has 0 spiro atoms. The second-order valence-corrected chi connectivity index (χ2v) is 6.05. The minimum absolute atomic E-state index is 0.242. The fourth-order valence-electron chi connectivity index (χ4n) is 1.97. The van der Waals surface area contributed by atoms with Crippen LogP contribution in [0.4, 0.5) is 5.13 Å². The Hall–Kier alpha value is -2.44. The van der Waals surface area contributed by atoms with Gasteiger partial charge in [-0.2, -0.15) is 5.10 Å². The normalized spacial score (nSPS) is 11.0. The van der Waals surface area contributed by atoms with Gasteiger partial charge in [-0.3, -0.25) is 14.8 Å². The molecule has 0 radical (unpaired) electrons. The summed E-state index contributed by atoms with van der Waals surface area (Å²) >= 11 is 7.51. The fraction of sp³-hybridized carbons (Fsp3) is 0.0625. The molecule has 1 amide bonds. The highest BCUT2D eigenvalue weighted by molar-refractivity contribution is 7.14. The molecule has 0 fully saturated rings. The summed E-state index contributed by atoms with van der Waals surface area (Å²) in [6.45, 7) is 0. The standard InChI is InChI=1S/C16H13ClN4OS/c1-21-9-11(8-18-21)6-7-15(22)20-16-19-14(10-23-16)12-4-2-3-5-13(12)17/h2-10H,1H3,(H,19,20,22)/b7-6+. The minimum atomic E-state index is -0.242. The summed E-state index contributed by atoms with van der Waals surface area (Å²) in [6.07, 6.45) is 6.66. The predicted octanol–water partition coefficient (Wildman–Crippen LogP) is 3.85. The quantitative estimate of drug-likeness (QED) is 0.731. The van der Waals surface area contributed by atoms with E-state index in [9.17, 15) is 4.79 Å². The third-order valence-electron chi connectivity index (χ3n) is 3.04. The van der Waals surface area contributed by atoms with Crippen LogP contribution in [-0.2, 0) is 11.8 Å². The van der Waals surface area contributed by atoms with E-state index in [-0.39, 0.29) is 5.91 Å². The van der Waals surface area contributed by atoms with Crippen LogP contribution in [0.3, 0.4) is 0 Å². The van der Waals surface area contributed by atoms with E-state index in [1.165, 1.54) is 17.4 Å². The zero-order chi connectivity index (χ0) is 16.2. The van der Waals surface area contributed by atoms with E-state index in [2.05, 4.69) is 15.4 Å². The third-order valence-corrected chi connectivity index (χ3v) is 4.12. The molecule has 7 heteroatoms. The van der Waals surface area contributed by atoms with E-state index in [0.717, 1.165) is 16.8 Å². The van der Waals surface area contributed by atoms with Gasteiger partial charge in [-0.25, -0.2) is 4.98 Å². The van der Waals surface area contributed by atoms with Gasteiger partial charge < -0.3 is 0 Å². The molecule has 0 unspecified atom stereocenters. The summed E-state index contributed by atoms with van der Waals surface area (Å²) in [5, 5.41) is 9.80. The maximum atomic E-state index is 11.9. The van der Waals surface area contributed by atoms with Gasteiger partial charge >= 0.3 is 0 Å². The van der Waals surface area contributed by atoms with Crippen LogP contribution < -0.4 is 5.32 Å². The van der Waals surface area contributed by atoms with Crippen molar-refractivity contribution < 1.29 is 4.79 Å². The summed E-state index contributed by atoms with van der Waals surface area (Å²) in [5.74, 6) is -0.242. The Morgan fingerprint density at radius 2 is 2.22 bits per heavy atom. The maximum Gasteiger partial charge on any atom is 0.250 e. The predicted molar refractivity (Wildman–Crippen MR) is 93.4 cm³/mol. The molecule has 3 aromatic rings. The second kappa shape index (κ2) is 6.76. The summed E-state index contributed by atoms with van der Waals surface area (Å²) in [7, 11) is 1.82. The Morgan fingerprint density at radius 3 is 2.96 bits per heavy atom. The highest BCUT2D eigenvalue weighted by Crippen LogP contribution is 2.30.